The first-order chi connectivity index (χ1) is 12.8. The van der Waals surface area contributed by atoms with E-state index in [1.165, 1.54) is 31.5 Å². The molecule has 138 valence electrons. The molecule has 4 rings (SSSR count). The van der Waals surface area contributed by atoms with Crippen molar-refractivity contribution in [1.82, 2.24) is 14.8 Å². The summed E-state index contributed by atoms with van der Waals surface area (Å²) >= 11 is 1.67. The summed E-state index contributed by atoms with van der Waals surface area (Å²) in [7, 11) is 0. The maximum Gasteiger partial charge on any atom is 0.253 e. The quantitative estimate of drug-likeness (QED) is 0.829. The van der Waals surface area contributed by atoms with E-state index < -0.39 is 0 Å². The second kappa shape index (κ2) is 8.18. The van der Waals surface area contributed by atoms with Gasteiger partial charge in [0, 0.05) is 49.9 Å². The van der Waals surface area contributed by atoms with Gasteiger partial charge in [-0.15, -0.1) is 11.3 Å². The number of aromatic nitrogens is 1. The zero-order valence-corrected chi connectivity index (χ0v) is 16.0. The lowest BCUT2D eigenvalue weighted by atomic mass is 10.1. The minimum atomic E-state index is 0.161. The number of carbonyl (C=O) groups excluding carboxylic acids is 1. The molecule has 2 aliphatic heterocycles. The number of carbonyl (C=O) groups is 1. The van der Waals surface area contributed by atoms with E-state index in [1.807, 2.05) is 28.6 Å². The van der Waals surface area contributed by atoms with Gasteiger partial charge in [0.15, 0.2) is 5.13 Å². The Labute approximate surface area is 159 Å². The van der Waals surface area contributed by atoms with E-state index in [0.717, 1.165) is 49.8 Å². The molecule has 1 aromatic heterocycles. The molecule has 0 bridgehead atoms. The van der Waals surface area contributed by atoms with E-state index in [1.54, 1.807) is 11.3 Å². The molecule has 26 heavy (non-hydrogen) atoms. The normalized spacial score (nSPS) is 18.9. The van der Waals surface area contributed by atoms with Crippen LogP contribution in [0, 0.1) is 0 Å². The molecule has 5 nitrogen and oxygen atoms in total. The molecule has 0 aliphatic carbocycles. The third-order valence-corrected chi connectivity index (χ3v) is 6.08. The molecule has 2 aromatic rings. The number of thiazole rings is 1. The second-order valence-electron chi connectivity index (χ2n) is 7.13. The zero-order valence-electron chi connectivity index (χ0n) is 15.1. The van der Waals surface area contributed by atoms with Crippen LogP contribution in [-0.4, -0.2) is 60.0 Å². The number of hydrogen-bond acceptors (Lipinski definition) is 5. The molecule has 2 saturated heterocycles. The standard InChI is InChI=1S/C20H26N4OS/c25-19(18-6-3-5-17(15-18)16-22-8-1-2-9-22)23-10-4-11-24(13-12-23)20-21-7-14-26-20/h3,5-7,14-15H,1-2,4,8-13,16H2. The molecule has 1 amide bonds. The molecule has 1 aromatic carbocycles. The molecular formula is C20H26N4OS. The number of benzene rings is 1. The fourth-order valence-electron chi connectivity index (χ4n) is 3.87. The Balaban J connectivity index is 1.40. The molecule has 0 unspecified atom stereocenters. The van der Waals surface area contributed by atoms with Crippen LogP contribution in [-0.2, 0) is 6.54 Å². The maximum atomic E-state index is 13.0. The van der Waals surface area contributed by atoms with Gasteiger partial charge in [0.25, 0.3) is 5.91 Å². The number of nitrogens with zero attached hydrogens (tertiary/aromatic N) is 4. The first kappa shape index (κ1) is 17.5. The summed E-state index contributed by atoms with van der Waals surface area (Å²) < 4.78 is 0. The Bertz CT molecular complexity index is 727. The number of hydrogen-bond donors (Lipinski definition) is 0. The molecule has 0 saturated carbocycles. The van der Waals surface area contributed by atoms with Crippen molar-refractivity contribution < 1.29 is 4.79 Å². The second-order valence-corrected chi connectivity index (χ2v) is 8.00. The van der Waals surface area contributed by atoms with Gasteiger partial charge in [-0.1, -0.05) is 12.1 Å². The number of amides is 1. The van der Waals surface area contributed by atoms with Crippen LogP contribution in [0.15, 0.2) is 35.8 Å². The Kier molecular flexibility index (Phi) is 5.51. The van der Waals surface area contributed by atoms with Crippen molar-refractivity contribution in [2.75, 3.05) is 44.2 Å². The highest BCUT2D eigenvalue weighted by atomic mass is 32.1. The molecule has 0 N–H and O–H groups in total. The van der Waals surface area contributed by atoms with Crippen LogP contribution in [0.2, 0.25) is 0 Å². The van der Waals surface area contributed by atoms with E-state index in [9.17, 15) is 4.79 Å². The Hall–Kier alpha value is -1.92. The summed E-state index contributed by atoms with van der Waals surface area (Å²) in [4.78, 5) is 24.2. The van der Waals surface area contributed by atoms with Crippen LogP contribution in [0.3, 0.4) is 0 Å². The van der Waals surface area contributed by atoms with E-state index in [0.29, 0.717) is 0 Å². The fraction of sp³-hybridized carbons (Fsp3) is 0.500. The van der Waals surface area contributed by atoms with Crippen molar-refractivity contribution in [3.05, 3.63) is 47.0 Å². The molecule has 2 fully saturated rings. The third kappa shape index (κ3) is 4.07. The lowest BCUT2D eigenvalue weighted by molar-refractivity contribution is 0.0767. The van der Waals surface area contributed by atoms with Crippen LogP contribution in [0.4, 0.5) is 5.13 Å². The summed E-state index contributed by atoms with van der Waals surface area (Å²) in [6, 6.07) is 8.21. The number of rotatable bonds is 4. The lowest BCUT2D eigenvalue weighted by Crippen LogP contribution is -2.35. The summed E-state index contributed by atoms with van der Waals surface area (Å²) in [5.74, 6) is 0.161. The zero-order chi connectivity index (χ0) is 17.8. The van der Waals surface area contributed by atoms with Crippen molar-refractivity contribution in [1.29, 1.82) is 0 Å². The molecule has 3 heterocycles. The summed E-state index contributed by atoms with van der Waals surface area (Å²) in [6.45, 7) is 6.71. The lowest BCUT2D eigenvalue weighted by Gasteiger charge is -2.22. The van der Waals surface area contributed by atoms with E-state index in [2.05, 4.69) is 26.9 Å². The van der Waals surface area contributed by atoms with Crippen LogP contribution in [0.1, 0.15) is 35.2 Å². The Morgan fingerprint density at radius 3 is 2.73 bits per heavy atom. The summed E-state index contributed by atoms with van der Waals surface area (Å²) in [6.07, 6.45) is 5.42. The Morgan fingerprint density at radius 2 is 1.92 bits per heavy atom. The third-order valence-electron chi connectivity index (χ3n) is 5.25. The van der Waals surface area contributed by atoms with Gasteiger partial charge >= 0.3 is 0 Å². The number of anilines is 1. The van der Waals surface area contributed by atoms with Crippen molar-refractivity contribution >= 4 is 22.4 Å². The molecular weight excluding hydrogens is 344 g/mol. The topological polar surface area (TPSA) is 39.7 Å². The van der Waals surface area contributed by atoms with Gasteiger partial charge in [0.2, 0.25) is 0 Å². The number of likely N-dealkylation sites (tertiary alicyclic amines) is 1. The van der Waals surface area contributed by atoms with Gasteiger partial charge in [-0.3, -0.25) is 9.69 Å². The first-order valence-electron chi connectivity index (χ1n) is 9.54. The van der Waals surface area contributed by atoms with Gasteiger partial charge in [-0.2, -0.15) is 0 Å². The van der Waals surface area contributed by atoms with E-state index >= 15 is 0 Å². The molecule has 0 spiro atoms. The minimum absolute atomic E-state index is 0.161. The van der Waals surface area contributed by atoms with E-state index in [4.69, 9.17) is 0 Å². The fourth-order valence-corrected chi connectivity index (χ4v) is 4.56. The summed E-state index contributed by atoms with van der Waals surface area (Å²) in [5.41, 5.74) is 2.07. The first-order valence-corrected chi connectivity index (χ1v) is 10.4. The molecule has 6 heteroatoms. The van der Waals surface area contributed by atoms with Crippen molar-refractivity contribution in [3.8, 4) is 0 Å². The monoisotopic (exact) mass is 370 g/mol. The maximum absolute atomic E-state index is 13.0. The van der Waals surface area contributed by atoms with Crippen LogP contribution < -0.4 is 4.90 Å². The molecule has 2 aliphatic rings. The van der Waals surface area contributed by atoms with Crippen LogP contribution in [0.25, 0.3) is 0 Å². The van der Waals surface area contributed by atoms with Crippen molar-refractivity contribution in [3.63, 3.8) is 0 Å². The smallest absolute Gasteiger partial charge is 0.253 e. The largest absolute Gasteiger partial charge is 0.346 e. The average Bonchev–Trinajstić information content (AvgIpc) is 3.32. The average molecular weight is 371 g/mol. The SMILES string of the molecule is O=C(c1cccc(CN2CCCC2)c1)N1CCCN(c2nccs2)CC1. The van der Waals surface area contributed by atoms with Crippen LogP contribution >= 0.6 is 11.3 Å². The van der Waals surface area contributed by atoms with Crippen molar-refractivity contribution in [2.24, 2.45) is 0 Å². The minimum Gasteiger partial charge on any atom is -0.346 e. The molecule has 0 atom stereocenters. The Morgan fingerprint density at radius 1 is 1.04 bits per heavy atom. The summed E-state index contributed by atoms with van der Waals surface area (Å²) in [5, 5.41) is 3.07. The highest BCUT2D eigenvalue weighted by Gasteiger charge is 2.22. The van der Waals surface area contributed by atoms with Crippen molar-refractivity contribution in [2.45, 2.75) is 25.8 Å². The van der Waals surface area contributed by atoms with Gasteiger partial charge in [0.1, 0.15) is 0 Å². The highest BCUT2D eigenvalue weighted by Crippen LogP contribution is 2.20. The highest BCUT2D eigenvalue weighted by molar-refractivity contribution is 7.13. The predicted molar refractivity (Wildman–Crippen MR) is 106 cm³/mol. The van der Waals surface area contributed by atoms with E-state index in [-0.39, 0.29) is 5.91 Å². The van der Waals surface area contributed by atoms with Crippen LogP contribution in [0.5, 0.6) is 0 Å². The predicted octanol–water partition coefficient (Wildman–Crippen LogP) is 3.09. The molecule has 0 radical (unpaired) electrons. The van der Waals surface area contributed by atoms with Gasteiger partial charge in [-0.05, 0) is 50.0 Å². The van der Waals surface area contributed by atoms with Gasteiger partial charge in [0.05, 0.1) is 0 Å². The van der Waals surface area contributed by atoms with Gasteiger partial charge < -0.3 is 9.80 Å². The van der Waals surface area contributed by atoms with Gasteiger partial charge in [-0.25, -0.2) is 4.98 Å².